The molecular weight excluding hydrogens is 402 g/mol. The second-order valence-electron chi connectivity index (χ2n) is 7.50. The summed E-state index contributed by atoms with van der Waals surface area (Å²) in [6.45, 7) is 9.21. The van der Waals surface area contributed by atoms with Crippen molar-refractivity contribution in [3.05, 3.63) is 77.1 Å². The first-order chi connectivity index (χ1) is 15.6. The van der Waals surface area contributed by atoms with Crippen LogP contribution < -0.4 is 15.4 Å². The molecule has 0 saturated heterocycles. The van der Waals surface area contributed by atoms with Gasteiger partial charge in [0.05, 0.1) is 24.5 Å². The van der Waals surface area contributed by atoms with Crippen LogP contribution in [0.15, 0.2) is 59.6 Å². The highest BCUT2D eigenvalue weighted by atomic mass is 16.5. The molecule has 0 aliphatic heterocycles. The first-order valence-corrected chi connectivity index (χ1v) is 10.9. The molecule has 2 N–H and O–H groups in total. The van der Waals surface area contributed by atoms with E-state index < -0.39 is 0 Å². The van der Waals surface area contributed by atoms with Crippen molar-refractivity contribution < 1.29 is 9.47 Å². The van der Waals surface area contributed by atoms with Crippen LogP contribution in [0.1, 0.15) is 29.4 Å². The SMILES string of the molecule is CCNC(=NCc1cccc(OCCOC)c1)NCc1ccccc1-n1nc(C)cc1C. The lowest BCUT2D eigenvalue weighted by Gasteiger charge is -2.15. The fourth-order valence-electron chi connectivity index (χ4n) is 3.41. The zero-order chi connectivity index (χ0) is 22.8. The van der Waals surface area contributed by atoms with Crippen LogP contribution in [0.2, 0.25) is 0 Å². The van der Waals surface area contributed by atoms with Crippen LogP contribution in [0.4, 0.5) is 0 Å². The summed E-state index contributed by atoms with van der Waals surface area (Å²) in [7, 11) is 1.67. The van der Waals surface area contributed by atoms with E-state index in [2.05, 4.69) is 47.8 Å². The average Bonchev–Trinajstić information content (AvgIpc) is 3.14. The van der Waals surface area contributed by atoms with Gasteiger partial charge in [0.15, 0.2) is 5.96 Å². The average molecular weight is 436 g/mol. The smallest absolute Gasteiger partial charge is 0.191 e. The predicted octanol–water partition coefficient (Wildman–Crippen LogP) is 3.77. The second kappa shape index (κ2) is 11.9. The Morgan fingerprint density at radius 2 is 1.88 bits per heavy atom. The minimum absolute atomic E-state index is 0.530. The Morgan fingerprint density at radius 3 is 2.62 bits per heavy atom. The van der Waals surface area contributed by atoms with E-state index in [1.807, 2.05) is 48.0 Å². The molecule has 2 aromatic carbocycles. The van der Waals surface area contributed by atoms with Gasteiger partial charge in [0, 0.05) is 25.9 Å². The van der Waals surface area contributed by atoms with Gasteiger partial charge < -0.3 is 20.1 Å². The molecule has 1 aromatic heterocycles. The number of benzene rings is 2. The van der Waals surface area contributed by atoms with Crippen molar-refractivity contribution in [1.29, 1.82) is 0 Å². The summed E-state index contributed by atoms with van der Waals surface area (Å²) in [6.07, 6.45) is 0. The Kier molecular flexibility index (Phi) is 8.69. The maximum atomic E-state index is 5.70. The van der Waals surface area contributed by atoms with Crippen LogP contribution in [0.3, 0.4) is 0 Å². The summed E-state index contributed by atoms with van der Waals surface area (Å²) in [6, 6.07) is 18.4. The van der Waals surface area contributed by atoms with Gasteiger partial charge in [-0.2, -0.15) is 5.10 Å². The Morgan fingerprint density at radius 1 is 1.03 bits per heavy atom. The number of nitrogens with zero attached hydrogens (tertiary/aromatic N) is 3. The number of aliphatic imine (C=N–C) groups is 1. The molecule has 0 amide bonds. The Bertz CT molecular complexity index is 1030. The van der Waals surface area contributed by atoms with Gasteiger partial charge in [-0.15, -0.1) is 0 Å². The van der Waals surface area contributed by atoms with Crippen LogP contribution in [0.25, 0.3) is 5.69 Å². The molecular formula is C25H33N5O2. The molecule has 3 aromatic rings. The predicted molar refractivity (Wildman–Crippen MR) is 129 cm³/mol. The van der Waals surface area contributed by atoms with E-state index in [4.69, 9.17) is 14.5 Å². The molecule has 3 rings (SSSR count). The number of aryl methyl sites for hydroxylation is 2. The van der Waals surface area contributed by atoms with Crippen molar-refractivity contribution in [3.63, 3.8) is 0 Å². The summed E-state index contributed by atoms with van der Waals surface area (Å²) >= 11 is 0. The summed E-state index contributed by atoms with van der Waals surface area (Å²) in [5, 5.41) is 11.4. The molecule has 0 spiro atoms. The zero-order valence-corrected chi connectivity index (χ0v) is 19.4. The van der Waals surface area contributed by atoms with Gasteiger partial charge in [0.25, 0.3) is 0 Å². The summed E-state index contributed by atoms with van der Waals surface area (Å²) in [5.74, 6) is 1.59. The summed E-state index contributed by atoms with van der Waals surface area (Å²) in [4.78, 5) is 4.75. The third-order valence-corrected chi connectivity index (χ3v) is 4.89. The van der Waals surface area contributed by atoms with Crippen molar-refractivity contribution in [2.75, 3.05) is 26.9 Å². The molecule has 7 nitrogen and oxygen atoms in total. The van der Waals surface area contributed by atoms with E-state index in [-0.39, 0.29) is 0 Å². The third kappa shape index (κ3) is 6.59. The second-order valence-corrected chi connectivity index (χ2v) is 7.50. The molecule has 170 valence electrons. The Hall–Kier alpha value is -3.32. The molecule has 32 heavy (non-hydrogen) atoms. The number of hydrogen-bond donors (Lipinski definition) is 2. The number of nitrogens with one attached hydrogen (secondary N) is 2. The van der Waals surface area contributed by atoms with Gasteiger partial charge in [-0.3, -0.25) is 0 Å². The molecule has 0 aliphatic rings. The van der Waals surface area contributed by atoms with Gasteiger partial charge in [0.1, 0.15) is 12.4 Å². The van der Waals surface area contributed by atoms with E-state index >= 15 is 0 Å². The third-order valence-electron chi connectivity index (χ3n) is 4.89. The first kappa shape index (κ1) is 23.3. The number of hydrogen-bond acceptors (Lipinski definition) is 4. The fraction of sp³-hybridized carbons (Fsp3) is 0.360. The quantitative estimate of drug-likeness (QED) is 0.288. The number of aromatic nitrogens is 2. The topological polar surface area (TPSA) is 72.7 Å². The highest BCUT2D eigenvalue weighted by Gasteiger charge is 2.09. The number of rotatable bonds is 10. The summed E-state index contributed by atoms with van der Waals surface area (Å²) in [5.41, 5.74) is 5.43. The number of methoxy groups -OCH3 is 1. The minimum Gasteiger partial charge on any atom is -0.491 e. The van der Waals surface area contributed by atoms with Crippen molar-refractivity contribution in [3.8, 4) is 11.4 Å². The van der Waals surface area contributed by atoms with Crippen LogP contribution in [0, 0.1) is 13.8 Å². The molecule has 0 saturated carbocycles. The molecule has 0 fully saturated rings. The lowest BCUT2D eigenvalue weighted by atomic mass is 10.1. The standard InChI is InChI=1S/C25H33N5O2/c1-5-26-25(27-17-21-9-8-11-23(16-21)32-14-13-31-4)28-18-22-10-6-7-12-24(22)30-20(3)15-19(2)29-30/h6-12,15-16H,5,13-14,17-18H2,1-4H3,(H2,26,27,28). The van der Waals surface area contributed by atoms with Crippen molar-refractivity contribution in [2.24, 2.45) is 4.99 Å². The van der Waals surface area contributed by atoms with E-state index in [9.17, 15) is 0 Å². The van der Waals surface area contributed by atoms with Gasteiger partial charge in [-0.05, 0) is 56.2 Å². The molecule has 0 radical (unpaired) electrons. The lowest BCUT2D eigenvalue weighted by Crippen LogP contribution is -2.37. The number of guanidine groups is 1. The largest absolute Gasteiger partial charge is 0.491 e. The van der Waals surface area contributed by atoms with Crippen LogP contribution in [-0.4, -0.2) is 42.6 Å². The van der Waals surface area contributed by atoms with Crippen LogP contribution >= 0.6 is 0 Å². The normalized spacial score (nSPS) is 11.4. The fourth-order valence-corrected chi connectivity index (χ4v) is 3.41. The molecule has 0 unspecified atom stereocenters. The molecule has 0 atom stereocenters. The zero-order valence-electron chi connectivity index (χ0n) is 19.4. The molecule has 0 bridgehead atoms. The van der Waals surface area contributed by atoms with Crippen molar-refractivity contribution in [1.82, 2.24) is 20.4 Å². The lowest BCUT2D eigenvalue weighted by molar-refractivity contribution is 0.146. The van der Waals surface area contributed by atoms with E-state index in [1.54, 1.807) is 7.11 Å². The monoisotopic (exact) mass is 435 g/mol. The highest BCUT2D eigenvalue weighted by Crippen LogP contribution is 2.17. The molecule has 7 heteroatoms. The van der Waals surface area contributed by atoms with E-state index in [0.717, 1.165) is 46.5 Å². The van der Waals surface area contributed by atoms with Crippen LogP contribution in [0.5, 0.6) is 5.75 Å². The number of para-hydroxylation sites is 1. The maximum Gasteiger partial charge on any atom is 0.191 e. The van der Waals surface area contributed by atoms with Gasteiger partial charge >= 0.3 is 0 Å². The minimum atomic E-state index is 0.530. The Labute approximate surface area is 190 Å². The maximum absolute atomic E-state index is 5.70. The highest BCUT2D eigenvalue weighted by molar-refractivity contribution is 5.79. The van der Waals surface area contributed by atoms with Crippen molar-refractivity contribution >= 4 is 5.96 Å². The van der Waals surface area contributed by atoms with Gasteiger partial charge in [-0.1, -0.05) is 30.3 Å². The van der Waals surface area contributed by atoms with Crippen LogP contribution in [-0.2, 0) is 17.8 Å². The van der Waals surface area contributed by atoms with E-state index in [1.165, 1.54) is 0 Å². The van der Waals surface area contributed by atoms with Gasteiger partial charge in [-0.25, -0.2) is 9.67 Å². The Balaban J connectivity index is 1.68. The summed E-state index contributed by atoms with van der Waals surface area (Å²) < 4.78 is 12.7. The van der Waals surface area contributed by atoms with Crippen molar-refractivity contribution in [2.45, 2.75) is 33.9 Å². The number of ether oxygens (including phenoxy) is 2. The van der Waals surface area contributed by atoms with E-state index in [0.29, 0.717) is 26.3 Å². The molecule has 1 heterocycles. The van der Waals surface area contributed by atoms with Gasteiger partial charge in [0.2, 0.25) is 0 Å². The first-order valence-electron chi connectivity index (χ1n) is 10.9. The molecule has 0 aliphatic carbocycles.